The highest BCUT2D eigenvalue weighted by atomic mass is 32.2. The summed E-state index contributed by atoms with van der Waals surface area (Å²) < 4.78 is 0. The Hall–Kier alpha value is 0.0500. The molecule has 1 N–H and O–H groups in total. The summed E-state index contributed by atoms with van der Waals surface area (Å²) in [6.45, 7) is 8.12. The first-order valence-corrected chi connectivity index (χ1v) is 4.96. The van der Waals surface area contributed by atoms with Crippen molar-refractivity contribution in [3.8, 4) is 0 Å². The van der Waals surface area contributed by atoms with E-state index in [0.717, 1.165) is 18.8 Å². The maximum atomic E-state index is 3.65. The Kier molecular flexibility index (Phi) is 9.10. The van der Waals surface area contributed by atoms with E-state index in [2.05, 4.69) is 18.8 Å². The lowest BCUT2D eigenvalue weighted by atomic mass is 10.5. The Balaban J connectivity index is 2.70. The first-order chi connectivity index (χ1) is 4.91. The number of hydrogen-bond acceptors (Lipinski definition) is 2. The quantitative estimate of drug-likeness (QED) is 0.450. The fourth-order valence-corrected chi connectivity index (χ4v) is 1.23. The van der Waals surface area contributed by atoms with E-state index in [9.17, 15) is 0 Å². The summed E-state index contributed by atoms with van der Waals surface area (Å²) in [5.74, 6) is 2.28. The van der Waals surface area contributed by atoms with E-state index in [1.165, 1.54) is 12.2 Å². The molecule has 0 heterocycles. The van der Waals surface area contributed by atoms with Crippen LogP contribution in [0.5, 0.6) is 0 Å². The summed E-state index contributed by atoms with van der Waals surface area (Å²) in [6, 6.07) is 0. The van der Waals surface area contributed by atoms with Gasteiger partial charge in [-0.25, -0.2) is 0 Å². The Morgan fingerprint density at radius 2 is 2.30 bits per heavy atom. The molecule has 0 aliphatic carbocycles. The van der Waals surface area contributed by atoms with Gasteiger partial charge in [0, 0.05) is 18.1 Å². The summed E-state index contributed by atoms with van der Waals surface area (Å²) in [5.41, 5.74) is 0. The van der Waals surface area contributed by atoms with Crippen LogP contribution in [0.2, 0.25) is 0 Å². The van der Waals surface area contributed by atoms with Crippen LogP contribution in [0.15, 0.2) is 12.7 Å². The fourth-order valence-electron chi connectivity index (χ4n) is 0.613. The summed E-state index contributed by atoms with van der Waals surface area (Å²) in [7, 11) is 0. The van der Waals surface area contributed by atoms with Crippen molar-refractivity contribution in [2.75, 3.05) is 24.6 Å². The highest BCUT2D eigenvalue weighted by Gasteiger charge is 1.84. The van der Waals surface area contributed by atoms with Crippen LogP contribution in [0.3, 0.4) is 0 Å². The predicted octanol–water partition coefficient (Wildman–Crippen LogP) is 1.91. The second kappa shape index (κ2) is 9.05. The van der Waals surface area contributed by atoms with E-state index >= 15 is 0 Å². The van der Waals surface area contributed by atoms with E-state index in [1.54, 1.807) is 0 Å². The third kappa shape index (κ3) is 8.05. The first-order valence-electron chi connectivity index (χ1n) is 3.81. The third-order valence-corrected chi connectivity index (χ3v) is 2.05. The molecule has 0 saturated carbocycles. The molecule has 0 fully saturated rings. The van der Waals surface area contributed by atoms with Gasteiger partial charge in [-0.1, -0.05) is 13.0 Å². The fraction of sp³-hybridized carbons (Fsp3) is 0.750. The molecule has 0 saturated heterocycles. The molecule has 1 nitrogen and oxygen atoms in total. The minimum absolute atomic E-state index is 1.08. The average molecular weight is 159 g/mol. The molecule has 0 spiro atoms. The zero-order chi connectivity index (χ0) is 7.66. The van der Waals surface area contributed by atoms with Gasteiger partial charge in [-0.15, -0.1) is 6.58 Å². The summed E-state index contributed by atoms with van der Waals surface area (Å²) >= 11 is 1.92. The van der Waals surface area contributed by atoms with Gasteiger partial charge in [-0.3, -0.25) is 0 Å². The average Bonchev–Trinajstić information content (AvgIpc) is 1.97. The Morgan fingerprint density at radius 1 is 1.50 bits per heavy atom. The molecule has 0 aliphatic rings. The lowest BCUT2D eigenvalue weighted by Crippen LogP contribution is -2.17. The molecule has 60 valence electrons. The zero-order valence-electron chi connectivity index (χ0n) is 6.73. The Labute approximate surface area is 68.3 Å². The van der Waals surface area contributed by atoms with Crippen molar-refractivity contribution in [1.29, 1.82) is 0 Å². The second-order valence-electron chi connectivity index (χ2n) is 2.11. The van der Waals surface area contributed by atoms with Gasteiger partial charge in [0.2, 0.25) is 0 Å². The molecular weight excluding hydrogens is 142 g/mol. The van der Waals surface area contributed by atoms with Crippen LogP contribution < -0.4 is 5.32 Å². The van der Waals surface area contributed by atoms with Crippen molar-refractivity contribution in [3.63, 3.8) is 0 Å². The van der Waals surface area contributed by atoms with Crippen LogP contribution >= 0.6 is 11.8 Å². The smallest absolute Gasteiger partial charge is 0.0111 e. The molecule has 0 bridgehead atoms. The predicted molar refractivity (Wildman–Crippen MR) is 50.7 cm³/mol. The van der Waals surface area contributed by atoms with Gasteiger partial charge in [-0.2, -0.15) is 11.8 Å². The molecule has 0 unspecified atom stereocenters. The summed E-state index contributed by atoms with van der Waals surface area (Å²) in [4.78, 5) is 0. The zero-order valence-corrected chi connectivity index (χ0v) is 7.54. The molecule has 0 rings (SSSR count). The normalized spacial score (nSPS) is 9.70. The molecule has 0 aromatic carbocycles. The molecule has 0 aliphatic heterocycles. The van der Waals surface area contributed by atoms with Crippen molar-refractivity contribution < 1.29 is 0 Å². The molecule has 0 amide bonds. The van der Waals surface area contributed by atoms with Crippen LogP contribution in [0.25, 0.3) is 0 Å². The van der Waals surface area contributed by atoms with Gasteiger partial charge in [-0.05, 0) is 13.0 Å². The van der Waals surface area contributed by atoms with Gasteiger partial charge in [0.15, 0.2) is 0 Å². The van der Waals surface area contributed by atoms with E-state index in [1.807, 2.05) is 17.8 Å². The van der Waals surface area contributed by atoms with Crippen LogP contribution in [-0.2, 0) is 0 Å². The lowest BCUT2D eigenvalue weighted by Gasteiger charge is -2.00. The second-order valence-corrected chi connectivity index (χ2v) is 3.26. The van der Waals surface area contributed by atoms with Crippen LogP contribution in [0, 0.1) is 0 Å². The van der Waals surface area contributed by atoms with Crippen molar-refractivity contribution >= 4 is 11.8 Å². The Bertz CT molecular complexity index is 73.7. The van der Waals surface area contributed by atoms with Crippen LogP contribution in [0.1, 0.15) is 13.3 Å². The summed E-state index contributed by atoms with van der Waals surface area (Å²) in [5, 5.41) is 3.34. The van der Waals surface area contributed by atoms with Crippen LogP contribution in [-0.4, -0.2) is 24.6 Å². The SMILES string of the molecule is C=CCSCCNCCC. The van der Waals surface area contributed by atoms with Crippen molar-refractivity contribution in [2.24, 2.45) is 0 Å². The number of rotatable bonds is 7. The van der Waals surface area contributed by atoms with E-state index in [-0.39, 0.29) is 0 Å². The number of nitrogens with one attached hydrogen (secondary N) is 1. The highest BCUT2D eigenvalue weighted by molar-refractivity contribution is 7.99. The maximum Gasteiger partial charge on any atom is 0.0111 e. The van der Waals surface area contributed by atoms with Gasteiger partial charge in [0.1, 0.15) is 0 Å². The molecule has 0 aromatic heterocycles. The minimum atomic E-state index is 1.08. The largest absolute Gasteiger partial charge is 0.316 e. The molecular formula is C8H17NS. The van der Waals surface area contributed by atoms with Gasteiger partial charge < -0.3 is 5.32 Å². The van der Waals surface area contributed by atoms with E-state index in [0.29, 0.717) is 0 Å². The highest BCUT2D eigenvalue weighted by Crippen LogP contribution is 1.96. The number of hydrogen-bond donors (Lipinski definition) is 1. The molecule has 0 radical (unpaired) electrons. The number of thioether (sulfide) groups is 1. The van der Waals surface area contributed by atoms with Crippen molar-refractivity contribution in [3.05, 3.63) is 12.7 Å². The monoisotopic (exact) mass is 159 g/mol. The van der Waals surface area contributed by atoms with E-state index in [4.69, 9.17) is 0 Å². The molecule has 2 heteroatoms. The minimum Gasteiger partial charge on any atom is -0.316 e. The maximum absolute atomic E-state index is 3.65. The molecule has 0 aromatic rings. The molecule has 10 heavy (non-hydrogen) atoms. The lowest BCUT2D eigenvalue weighted by molar-refractivity contribution is 0.708. The summed E-state index contributed by atoms with van der Waals surface area (Å²) in [6.07, 6.45) is 3.18. The van der Waals surface area contributed by atoms with Crippen molar-refractivity contribution in [1.82, 2.24) is 5.32 Å². The molecule has 0 atom stereocenters. The van der Waals surface area contributed by atoms with Crippen molar-refractivity contribution in [2.45, 2.75) is 13.3 Å². The van der Waals surface area contributed by atoms with Crippen LogP contribution in [0.4, 0.5) is 0 Å². The van der Waals surface area contributed by atoms with E-state index < -0.39 is 0 Å². The standard InChI is InChI=1S/C8H17NS/c1-3-5-9-6-8-10-7-4-2/h4,9H,2-3,5-8H2,1H3. The van der Waals surface area contributed by atoms with Gasteiger partial charge >= 0.3 is 0 Å². The topological polar surface area (TPSA) is 12.0 Å². The third-order valence-electron chi connectivity index (χ3n) is 1.09. The Morgan fingerprint density at radius 3 is 2.90 bits per heavy atom. The van der Waals surface area contributed by atoms with Gasteiger partial charge in [0.25, 0.3) is 0 Å². The van der Waals surface area contributed by atoms with Gasteiger partial charge in [0.05, 0.1) is 0 Å². The first kappa shape index (κ1) is 10.0.